The lowest BCUT2D eigenvalue weighted by Gasteiger charge is -2.22. The van der Waals surface area contributed by atoms with Gasteiger partial charge in [-0.1, -0.05) is 12.1 Å². The molecule has 1 amide bonds. The van der Waals surface area contributed by atoms with Gasteiger partial charge < -0.3 is 19.5 Å². The fourth-order valence-corrected chi connectivity index (χ4v) is 2.71. The van der Waals surface area contributed by atoms with E-state index in [0.29, 0.717) is 23.5 Å². The molecule has 0 aliphatic carbocycles. The first-order chi connectivity index (χ1) is 12.5. The number of nitrogens with zero attached hydrogens (tertiary/aromatic N) is 2. The highest BCUT2D eigenvalue weighted by Crippen LogP contribution is 2.30. The number of carbonyl (C=O) groups excluding carboxylic acids is 1. The maximum atomic E-state index is 12.3. The van der Waals surface area contributed by atoms with Gasteiger partial charge in [0.15, 0.2) is 11.5 Å². The van der Waals surface area contributed by atoms with Crippen LogP contribution in [0.3, 0.4) is 0 Å². The number of amides is 1. The Morgan fingerprint density at radius 3 is 2.65 bits per heavy atom. The fourth-order valence-electron chi connectivity index (χ4n) is 2.71. The van der Waals surface area contributed by atoms with Crippen LogP contribution < -0.4 is 9.47 Å². The van der Waals surface area contributed by atoms with Crippen LogP contribution >= 0.6 is 0 Å². The molecule has 1 aromatic heterocycles. The highest BCUT2D eigenvalue weighted by Gasteiger charge is 2.17. The number of rotatable bonds is 9. The first-order valence-corrected chi connectivity index (χ1v) is 8.58. The van der Waals surface area contributed by atoms with Crippen LogP contribution in [0, 0.1) is 0 Å². The van der Waals surface area contributed by atoms with E-state index >= 15 is 0 Å². The number of hydrogen-bond acceptors (Lipinski definition) is 5. The number of aliphatic hydroxyl groups excluding tert-OH is 1. The molecule has 0 aliphatic rings. The van der Waals surface area contributed by atoms with Crippen molar-refractivity contribution < 1.29 is 19.4 Å². The highest BCUT2D eigenvalue weighted by molar-refractivity contribution is 5.75. The summed E-state index contributed by atoms with van der Waals surface area (Å²) in [6, 6.07) is 9.13. The van der Waals surface area contributed by atoms with Crippen LogP contribution in [0.5, 0.6) is 11.5 Å². The third-order valence-corrected chi connectivity index (χ3v) is 4.24. The van der Waals surface area contributed by atoms with Crippen LogP contribution in [0.25, 0.3) is 0 Å². The van der Waals surface area contributed by atoms with Gasteiger partial charge in [0.25, 0.3) is 0 Å². The van der Waals surface area contributed by atoms with Crippen molar-refractivity contribution in [1.29, 1.82) is 0 Å². The normalized spacial score (nSPS) is 11.7. The van der Waals surface area contributed by atoms with Crippen LogP contribution in [-0.4, -0.2) is 48.7 Å². The van der Waals surface area contributed by atoms with Crippen molar-refractivity contribution in [2.75, 3.05) is 27.8 Å². The van der Waals surface area contributed by atoms with Crippen molar-refractivity contribution in [3.63, 3.8) is 0 Å². The van der Waals surface area contributed by atoms with Crippen LogP contribution in [0.15, 0.2) is 42.7 Å². The standard InChI is InChI=1S/C20H26N2O4/c1-22(20(24)8-4-6-15-7-5-11-21-13-15)14-17(23)16-9-10-18(25-2)19(12-16)26-3/h5,7,9-13,17,23H,4,6,8,14H2,1-3H3. The Balaban J connectivity index is 1.85. The number of ether oxygens (including phenoxy) is 2. The molecule has 140 valence electrons. The summed E-state index contributed by atoms with van der Waals surface area (Å²) >= 11 is 0. The lowest BCUT2D eigenvalue weighted by molar-refractivity contribution is -0.131. The van der Waals surface area contributed by atoms with E-state index in [9.17, 15) is 9.90 Å². The number of aliphatic hydroxyl groups is 1. The smallest absolute Gasteiger partial charge is 0.222 e. The first-order valence-electron chi connectivity index (χ1n) is 8.58. The van der Waals surface area contributed by atoms with E-state index in [2.05, 4.69) is 4.98 Å². The molecule has 1 aromatic carbocycles. The van der Waals surface area contributed by atoms with Crippen LogP contribution in [0.1, 0.15) is 30.1 Å². The molecule has 0 radical (unpaired) electrons. The fraction of sp³-hybridized carbons (Fsp3) is 0.400. The second kappa shape index (κ2) is 9.77. The Hall–Kier alpha value is -2.60. The van der Waals surface area contributed by atoms with Crippen molar-refractivity contribution in [3.05, 3.63) is 53.9 Å². The highest BCUT2D eigenvalue weighted by atomic mass is 16.5. The number of methoxy groups -OCH3 is 2. The summed E-state index contributed by atoms with van der Waals surface area (Å²) in [4.78, 5) is 17.9. The van der Waals surface area contributed by atoms with E-state index in [1.807, 2.05) is 18.3 Å². The minimum absolute atomic E-state index is 0.00779. The van der Waals surface area contributed by atoms with Gasteiger partial charge in [-0.3, -0.25) is 9.78 Å². The number of hydrogen-bond donors (Lipinski definition) is 1. The zero-order valence-electron chi connectivity index (χ0n) is 15.5. The molecule has 1 N–H and O–H groups in total. The second-order valence-electron chi connectivity index (χ2n) is 6.12. The lowest BCUT2D eigenvalue weighted by atomic mass is 10.1. The molecular formula is C20H26N2O4. The molecule has 6 heteroatoms. The number of carbonyl (C=O) groups is 1. The summed E-state index contributed by atoms with van der Waals surface area (Å²) in [5.41, 5.74) is 1.80. The van der Waals surface area contributed by atoms with Crippen LogP contribution in [-0.2, 0) is 11.2 Å². The minimum atomic E-state index is -0.790. The number of aromatic nitrogens is 1. The van der Waals surface area contributed by atoms with E-state index in [1.165, 1.54) is 0 Å². The summed E-state index contributed by atoms with van der Waals surface area (Å²) in [6.07, 6.45) is 4.76. The summed E-state index contributed by atoms with van der Waals surface area (Å²) in [7, 11) is 4.81. The van der Waals surface area contributed by atoms with Crippen molar-refractivity contribution in [3.8, 4) is 11.5 Å². The van der Waals surface area contributed by atoms with Gasteiger partial charge in [0.2, 0.25) is 5.91 Å². The van der Waals surface area contributed by atoms with Crippen molar-refractivity contribution in [2.24, 2.45) is 0 Å². The topological polar surface area (TPSA) is 71.9 Å². The predicted octanol–water partition coefficient (Wildman–Crippen LogP) is 2.61. The molecule has 2 rings (SSSR count). The maximum absolute atomic E-state index is 12.3. The zero-order valence-corrected chi connectivity index (χ0v) is 15.5. The van der Waals surface area contributed by atoms with Gasteiger partial charge in [-0.15, -0.1) is 0 Å². The SMILES string of the molecule is COc1ccc(C(O)CN(C)C(=O)CCCc2cccnc2)cc1OC. The summed E-state index contributed by atoms with van der Waals surface area (Å²) in [5.74, 6) is 1.16. The average molecular weight is 358 g/mol. The molecule has 0 bridgehead atoms. The van der Waals surface area contributed by atoms with Gasteiger partial charge >= 0.3 is 0 Å². The second-order valence-corrected chi connectivity index (χ2v) is 6.12. The third-order valence-electron chi connectivity index (χ3n) is 4.24. The Labute approximate surface area is 154 Å². The van der Waals surface area contributed by atoms with Gasteiger partial charge in [-0.25, -0.2) is 0 Å². The van der Waals surface area contributed by atoms with Crippen molar-refractivity contribution in [2.45, 2.75) is 25.4 Å². The molecule has 0 spiro atoms. The van der Waals surface area contributed by atoms with E-state index in [1.54, 1.807) is 50.6 Å². The van der Waals surface area contributed by atoms with Gasteiger partial charge in [0.1, 0.15) is 0 Å². The van der Waals surface area contributed by atoms with Crippen LogP contribution in [0.2, 0.25) is 0 Å². The minimum Gasteiger partial charge on any atom is -0.493 e. The summed E-state index contributed by atoms with van der Waals surface area (Å²) < 4.78 is 10.4. The Morgan fingerprint density at radius 1 is 1.23 bits per heavy atom. The maximum Gasteiger partial charge on any atom is 0.222 e. The molecule has 1 atom stereocenters. The molecule has 2 aromatic rings. The van der Waals surface area contributed by atoms with E-state index in [0.717, 1.165) is 18.4 Å². The molecule has 0 saturated carbocycles. The van der Waals surface area contributed by atoms with E-state index in [4.69, 9.17) is 9.47 Å². The zero-order chi connectivity index (χ0) is 18.9. The molecule has 0 fully saturated rings. The number of likely N-dealkylation sites (N-methyl/N-ethyl adjacent to an activating group) is 1. The molecule has 0 saturated heterocycles. The Morgan fingerprint density at radius 2 is 2.00 bits per heavy atom. The Bertz CT molecular complexity index is 706. The third kappa shape index (κ3) is 5.46. The first kappa shape index (κ1) is 19.7. The number of pyridine rings is 1. The molecule has 6 nitrogen and oxygen atoms in total. The molecule has 1 heterocycles. The number of benzene rings is 1. The lowest BCUT2D eigenvalue weighted by Crippen LogP contribution is -2.31. The van der Waals surface area contributed by atoms with E-state index < -0.39 is 6.10 Å². The average Bonchev–Trinajstić information content (AvgIpc) is 2.67. The quantitative estimate of drug-likeness (QED) is 0.746. The van der Waals surface area contributed by atoms with Gasteiger partial charge in [0, 0.05) is 25.9 Å². The van der Waals surface area contributed by atoms with Gasteiger partial charge in [0.05, 0.1) is 26.9 Å². The van der Waals surface area contributed by atoms with Crippen molar-refractivity contribution >= 4 is 5.91 Å². The summed E-state index contributed by atoms with van der Waals surface area (Å²) in [5, 5.41) is 10.4. The molecule has 0 aliphatic heterocycles. The molecule has 1 unspecified atom stereocenters. The summed E-state index contributed by atoms with van der Waals surface area (Å²) in [6.45, 7) is 0.223. The number of aryl methyl sites for hydroxylation is 1. The molecule has 26 heavy (non-hydrogen) atoms. The monoisotopic (exact) mass is 358 g/mol. The van der Waals surface area contributed by atoms with E-state index in [-0.39, 0.29) is 12.5 Å². The largest absolute Gasteiger partial charge is 0.493 e. The van der Waals surface area contributed by atoms with Gasteiger partial charge in [-0.2, -0.15) is 0 Å². The van der Waals surface area contributed by atoms with Crippen LogP contribution in [0.4, 0.5) is 0 Å². The van der Waals surface area contributed by atoms with Crippen molar-refractivity contribution in [1.82, 2.24) is 9.88 Å². The predicted molar refractivity (Wildman–Crippen MR) is 99.3 cm³/mol. The Kier molecular flexibility index (Phi) is 7.41. The molecular weight excluding hydrogens is 332 g/mol. The van der Waals surface area contributed by atoms with Gasteiger partial charge in [-0.05, 0) is 42.2 Å².